The van der Waals surface area contributed by atoms with Gasteiger partial charge in [-0.05, 0) is 36.7 Å². The molecule has 1 unspecified atom stereocenters. The molecule has 34 heavy (non-hydrogen) atoms. The summed E-state index contributed by atoms with van der Waals surface area (Å²) in [6.45, 7) is 12.7. The van der Waals surface area contributed by atoms with E-state index in [0.717, 1.165) is 24.8 Å². The topological polar surface area (TPSA) is 18.5 Å². The van der Waals surface area contributed by atoms with Crippen molar-refractivity contribution in [3.63, 3.8) is 0 Å². The second-order valence-electron chi connectivity index (χ2n) is 10.6. The third-order valence-corrected chi connectivity index (χ3v) is 6.71. The van der Waals surface area contributed by atoms with E-state index < -0.39 is 5.79 Å². The molecule has 0 spiro atoms. The first-order valence-electron chi connectivity index (χ1n) is 13.9. The van der Waals surface area contributed by atoms with Gasteiger partial charge in [0.25, 0.3) is 0 Å². The Morgan fingerprint density at radius 1 is 0.618 bits per heavy atom. The molecule has 0 aliphatic heterocycles. The van der Waals surface area contributed by atoms with Crippen LogP contribution in [0.5, 0.6) is 0 Å². The average molecular weight is 467 g/mol. The number of unbranched alkanes of at least 4 members (excludes halogenated alkanes) is 5. The molecule has 0 aliphatic rings. The Morgan fingerprint density at radius 3 is 1.65 bits per heavy atom. The van der Waals surface area contributed by atoms with Crippen LogP contribution in [0.2, 0.25) is 0 Å². The van der Waals surface area contributed by atoms with Crippen molar-refractivity contribution in [3.8, 4) is 0 Å². The van der Waals surface area contributed by atoms with E-state index in [1.807, 2.05) is 0 Å². The minimum Gasteiger partial charge on any atom is -0.345 e. The zero-order valence-electron chi connectivity index (χ0n) is 22.6. The van der Waals surface area contributed by atoms with Crippen LogP contribution < -0.4 is 0 Å². The summed E-state index contributed by atoms with van der Waals surface area (Å²) in [5.74, 6) is 0.577. The van der Waals surface area contributed by atoms with Crippen molar-refractivity contribution in [2.75, 3.05) is 13.2 Å². The molecule has 0 N–H and O–H groups in total. The molecule has 0 aliphatic carbocycles. The highest BCUT2D eigenvalue weighted by atomic mass is 16.7. The zero-order valence-corrected chi connectivity index (χ0v) is 22.6. The van der Waals surface area contributed by atoms with E-state index in [1.165, 1.54) is 44.1 Å². The average Bonchev–Trinajstić information content (AvgIpc) is 2.83. The van der Waals surface area contributed by atoms with E-state index >= 15 is 0 Å². The van der Waals surface area contributed by atoms with E-state index in [-0.39, 0.29) is 5.92 Å². The Hall–Kier alpha value is -1.64. The molecule has 0 saturated heterocycles. The summed E-state index contributed by atoms with van der Waals surface area (Å²) >= 11 is 0. The minimum atomic E-state index is -0.768. The Balaban J connectivity index is 2.41. The van der Waals surface area contributed by atoms with Gasteiger partial charge in [-0.15, -0.1) is 0 Å². The first-order valence-corrected chi connectivity index (χ1v) is 13.9. The van der Waals surface area contributed by atoms with Gasteiger partial charge in [0.15, 0.2) is 0 Å². The minimum absolute atomic E-state index is 0.154. The van der Waals surface area contributed by atoms with E-state index in [0.29, 0.717) is 25.0 Å². The predicted octanol–water partition coefficient (Wildman–Crippen LogP) is 9.50. The number of rotatable bonds is 18. The molecule has 0 aromatic heterocycles. The molecule has 0 fully saturated rings. The Kier molecular flexibility index (Phi) is 13.5. The van der Waals surface area contributed by atoms with Crippen LogP contribution in [0.3, 0.4) is 0 Å². The Bertz CT molecular complexity index is 724. The quantitative estimate of drug-likeness (QED) is 0.161. The maximum atomic E-state index is 6.90. The summed E-state index contributed by atoms with van der Waals surface area (Å²) in [5, 5.41) is 0. The molecule has 0 saturated carbocycles. The number of hydrogen-bond donors (Lipinski definition) is 0. The van der Waals surface area contributed by atoms with Gasteiger partial charge in [0.1, 0.15) is 0 Å². The lowest BCUT2D eigenvalue weighted by atomic mass is 9.81. The molecule has 190 valence electrons. The van der Waals surface area contributed by atoms with E-state index in [1.54, 1.807) is 0 Å². The van der Waals surface area contributed by atoms with Crippen LogP contribution in [-0.2, 0) is 15.3 Å². The summed E-state index contributed by atoms with van der Waals surface area (Å²) in [5.41, 5.74) is 2.45. The highest BCUT2D eigenvalue weighted by molar-refractivity contribution is 5.30. The molecule has 0 heterocycles. The Labute approximate surface area is 210 Å². The summed E-state index contributed by atoms with van der Waals surface area (Å²) in [7, 11) is 0. The highest BCUT2D eigenvalue weighted by Gasteiger charge is 2.43. The molecule has 0 radical (unpaired) electrons. The standard InChI is InChI=1S/C32H50O2/c1-6-7-8-9-10-17-22-31(29-18-13-11-14-19-29)32(33-25-23-27(2)3,34-26-24-28(4)5)30-20-15-12-16-21-30/h11-16,18-21,27-28,31H,6-10,17,22-26H2,1-5H3. The SMILES string of the molecule is CCCCCCCCC(c1ccccc1)C(OCCC(C)C)(OCCC(C)C)c1ccccc1. The molecule has 0 bridgehead atoms. The monoisotopic (exact) mass is 466 g/mol. The summed E-state index contributed by atoms with van der Waals surface area (Å²) in [6.07, 6.45) is 10.9. The first kappa shape index (κ1) is 28.6. The maximum absolute atomic E-state index is 6.90. The first-order chi connectivity index (χ1) is 16.5. The van der Waals surface area contributed by atoms with Crippen molar-refractivity contribution < 1.29 is 9.47 Å². The lowest BCUT2D eigenvalue weighted by Crippen LogP contribution is -2.41. The lowest BCUT2D eigenvalue weighted by molar-refractivity contribution is -0.265. The van der Waals surface area contributed by atoms with Gasteiger partial charge in [-0.3, -0.25) is 0 Å². The maximum Gasteiger partial charge on any atom is 0.201 e. The van der Waals surface area contributed by atoms with Crippen molar-refractivity contribution in [1.82, 2.24) is 0 Å². The number of ether oxygens (including phenoxy) is 2. The summed E-state index contributed by atoms with van der Waals surface area (Å²) in [6, 6.07) is 21.7. The lowest BCUT2D eigenvalue weighted by Gasteiger charge is -2.42. The van der Waals surface area contributed by atoms with E-state index in [2.05, 4.69) is 95.3 Å². The van der Waals surface area contributed by atoms with Gasteiger partial charge >= 0.3 is 0 Å². The second kappa shape index (κ2) is 16.1. The van der Waals surface area contributed by atoms with Crippen LogP contribution in [0.15, 0.2) is 60.7 Å². The molecule has 1 atom stereocenters. The van der Waals surface area contributed by atoms with E-state index in [9.17, 15) is 0 Å². The van der Waals surface area contributed by atoms with Crippen molar-refractivity contribution in [3.05, 3.63) is 71.8 Å². The number of benzene rings is 2. The van der Waals surface area contributed by atoms with Gasteiger partial charge in [-0.2, -0.15) is 0 Å². The van der Waals surface area contributed by atoms with Crippen LogP contribution in [0.25, 0.3) is 0 Å². The van der Waals surface area contributed by atoms with Crippen molar-refractivity contribution in [1.29, 1.82) is 0 Å². The highest BCUT2D eigenvalue weighted by Crippen LogP contribution is 2.45. The molecule has 2 rings (SSSR count). The molecule has 2 aromatic rings. The predicted molar refractivity (Wildman–Crippen MR) is 146 cm³/mol. The third kappa shape index (κ3) is 9.55. The van der Waals surface area contributed by atoms with Gasteiger partial charge in [0.05, 0.1) is 13.2 Å². The second-order valence-corrected chi connectivity index (χ2v) is 10.6. The van der Waals surface area contributed by atoms with Gasteiger partial charge < -0.3 is 9.47 Å². The van der Waals surface area contributed by atoms with E-state index in [4.69, 9.17) is 9.47 Å². The van der Waals surface area contributed by atoms with Crippen molar-refractivity contribution in [2.24, 2.45) is 11.8 Å². The Morgan fingerprint density at radius 2 is 1.12 bits per heavy atom. The fraction of sp³-hybridized carbons (Fsp3) is 0.625. The van der Waals surface area contributed by atoms with Crippen LogP contribution in [0, 0.1) is 11.8 Å². The molecular weight excluding hydrogens is 416 g/mol. The van der Waals surface area contributed by atoms with Gasteiger partial charge in [0, 0.05) is 11.5 Å². The molecule has 2 heteroatoms. The zero-order chi connectivity index (χ0) is 24.7. The molecule has 2 aromatic carbocycles. The smallest absolute Gasteiger partial charge is 0.201 e. The third-order valence-electron chi connectivity index (χ3n) is 6.71. The van der Waals surface area contributed by atoms with Crippen LogP contribution >= 0.6 is 0 Å². The van der Waals surface area contributed by atoms with Crippen LogP contribution in [0.4, 0.5) is 0 Å². The van der Waals surface area contributed by atoms with Gasteiger partial charge in [0.2, 0.25) is 5.79 Å². The van der Waals surface area contributed by atoms with Crippen molar-refractivity contribution >= 4 is 0 Å². The fourth-order valence-corrected chi connectivity index (χ4v) is 4.56. The van der Waals surface area contributed by atoms with Crippen LogP contribution in [-0.4, -0.2) is 13.2 Å². The van der Waals surface area contributed by atoms with Crippen LogP contribution in [0.1, 0.15) is 109 Å². The molecule has 2 nitrogen and oxygen atoms in total. The van der Waals surface area contributed by atoms with Gasteiger partial charge in [-0.1, -0.05) is 134 Å². The fourth-order valence-electron chi connectivity index (χ4n) is 4.56. The number of hydrogen-bond acceptors (Lipinski definition) is 2. The van der Waals surface area contributed by atoms with Gasteiger partial charge in [-0.25, -0.2) is 0 Å². The molecule has 0 amide bonds. The van der Waals surface area contributed by atoms with Crippen molar-refractivity contribution in [2.45, 2.75) is 104 Å². The largest absolute Gasteiger partial charge is 0.345 e. The normalized spacial score (nSPS) is 13.0. The summed E-state index contributed by atoms with van der Waals surface area (Å²) in [4.78, 5) is 0. The molecular formula is C32H50O2. The summed E-state index contributed by atoms with van der Waals surface area (Å²) < 4.78 is 13.8.